The lowest BCUT2D eigenvalue weighted by Gasteiger charge is -2.33. The van der Waals surface area contributed by atoms with Gasteiger partial charge in [0.1, 0.15) is 5.82 Å². The highest BCUT2D eigenvalue weighted by Gasteiger charge is 2.20. The lowest BCUT2D eigenvalue weighted by Crippen LogP contribution is -2.43. The highest BCUT2D eigenvalue weighted by molar-refractivity contribution is 5.19. The first-order chi connectivity index (χ1) is 9.19. The predicted molar refractivity (Wildman–Crippen MR) is 77.7 cm³/mol. The van der Waals surface area contributed by atoms with E-state index in [2.05, 4.69) is 24.1 Å². The third-order valence-electron chi connectivity index (χ3n) is 3.96. The molecule has 1 heterocycles. The van der Waals surface area contributed by atoms with E-state index in [9.17, 15) is 4.39 Å². The van der Waals surface area contributed by atoms with E-state index in [1.807, 2.05) is 6.07 Å². The maximum Gasteiger partial charge on any atom is 0.123 e. The van der Waals surface area contributed by atoms with E-state index in [0.717, 1.165) is 5.56 Å². The predicted octanol–water partition coefficient (Wildman–Crippen LogP) is 3.35. The van der Waals surface area contributed by atoms with Gasteiger partial charge in [0.2, 0.25) is 0 Å². The molecule has 2 nitrogen and oxygen atoms in total. The standard InChI is InChI=1S/C16H25FN2/c1-3-9-19-10-7-16(8-11-19)18-13(2)14-5-4-6-15(17)12-14/h4-6,12-13,16,18H,3,7-11H2,1-2H3/t13-/m0/s1. The second-order valence-corrected chi connectivity index (χ2v) is 5.56. The van der Waals surface area contributed by atoms with E-state index >= 15 is 0 Å². The molecule has 1 aromatic rings. The second kappa shape index (κ2) is 7.01. The molecule has 0 aliphatic carbocycles. The molecule has 19 heavy (non-hydrogen) atoms. The Morgan fingerprint density at radius 2 is 2.11 bits per heavy atom. The molecule has 0 bridgehead atoms. The van der Waals surface area contributed by atoms with Crippen molar-refractivity contribution in [1.82, 2.24) is 10.2 Å². The summed E-state index contributed by atoms with van der Waals surface area (Å²) in [5, 5.41) is 3.63. The van der Waals surface area contributed by atoms with E-state index in [4.69, 9.17) is 0 Å². The fourth-order valence-corrected chi connectivity index (χ4v) is 2.87. The number of nitrogens with zero attached hydrogens (tertiary/aromatic N) is 1. The molecule has 0 radical (unpaired) electrons. The van der Waals surface area contributed by atoms with E-state index in [1.165, 1.54) is 45.0 Å². The molecule has 0 unspecified atom stereocenters. The van der Waals surface area contributed by atoms with Crippen LogP contribution >= 0.6 is 0 Å². The van der Waals surface area contributed by atoms with Crippen LogP contribution in [0.25, 0.3) is 0 Å². The van der Waals surface area contributed by atoms with Crippen molar-refractivity contribution in [3.8, 4) is 0 Å². The Balaban J connectivity index is 1.82. The van der Waals surface area contributed by atoms with Crippen LogP contribution in [-0.4, -0.2) is 30.6 Å². The third kappa shape index (κ3) is 4.29. The summed E-state index contributed by atoms with van der Waals surface area (Å²) in [6.07, 6.45) is 3.62. The highest BCUT2D eigenvalue weighted by Crippen LogP contribution is 2.18. The normalized spacial score (nSPS) is 19.5. The number of hydrogen-bond donors (Lipinski definition) is 1. The first-order valence-corrected chi connectivity index (χ1v) is 7.43. The first kappa shape index (κ1) is 14.5. The van der Waals surface area contributed by atoms with Crippen molar-refractivity contribution in [3.05, 3.63) is 35.6 Å². The van der Waals surface area contributed by atoms with Crippen molar-refractivity contribution in [2.45, 2.75) is 45.2 Å². The molecule has 1 atom stereocenters. The van der Waals surface area contributed by atoms with Crippen molar-refractivity contribution in [2.24, 2.45) is 0 Å². The summed E-state index contributed by atoms with van der Waals surface area (Å²) in [5.74, 6) is -0.149. The summed E-state index contributed by atoms with van der Waals surface area (Å²) < 4.78 is 13.2. The Kier molecular flexibility index (Phi) is 5.34. The van der Waals surface area contributed by atoms with Crippen molar-refractivity contribution in [3.63, 3.8) is 0 Å². The van der Waals surface area contributed by atoms with Crippen molar-refractivity contribution in [1.29, 1.82) is 0 Å². The fourth-order valence-electron chi connectivity index (χ4n) is 2.87. The number of hydrogen-bond acceptors (Lipinski definition) is 2. The van der Waals surface area contributed by atoms with Crippen LogP contribution in [-0.2, 0) is 0 Å². The Labute approximate surface area is 116 Å². The molecule has 1 aliphatic rings. The molecule has 2 rings (SSSR count). The number of benzene rings is 1. The zero-order valence-corrected chi connectivity index (χ0v) is 12.0. The molecule has 1 N–H and O–H groups in total. The van der Waals surface area contributed by atoms with Crippen molar-refractivity contribution in [2.75, 3.05) is 19.6 Å². The summed E-state index contributed by atoms with van der Waals surface area (Å²) in [7, 11) is 0. The summed E-state index contributed by atoms with van der Waals surface area (Å²) in [4.78, 5) is 2.53. The number of piperidine rings is 1. The molecule has 1 aliphatic heterocycles. The van der Waals surface area contributed by atoms with Crippen molar-refractivity contribution >= 4 is 0 Å². The molecule has 1 saturated heterocycles. The Bertz CT molecular complexity index is 386. The molecule has 0 spiro atoms. The van der Waals surface area contributed by atoms with Gasteiger partial charge in [0.15, 0.2) is 0 Å². The first-order valence-electron chi connectivity index (χ1n) is 7.43. The molecule has 0 amide bonds. The average molecular weight is 264 g/mol. The number of likely N-dealkylation sites (tertiary alicyclic amines) is 1. The van der Waals surface area contributed by atoms with E-state index in [-0.39, 0.29) is 11.9 Å². The average Bonchev–Trinajstić information content (AvgIpc) is 2.41. The van der Waals surface area contributed by atoms with Gasteiger partial charge in [-0.05, 0) is 63.5 Å². The molecule has 106 valence electrons. The van der Waals surface area contributed by atoms with Gasteiger partial charge < -0.3 is 10.2 Å². The van der Waals surface area contributed by atoms with Gasteiger partial charge >= 0.3 is 0 Å². The van der Waals surface area contributed by atoms with Crippen LogP contribution in [0.2, 0.25) is 0 Å². The fraction of sp³-hybridized carbons (Fsp3) is 0.625. The smallest absolute Gasteiger partial charge is 0.123 e. The van der Waals surface area contributed by atoms with Crippen LogP contribution in [0, 0.1) is 5.82 Å². The van der Waals surface area contributed by atoms with Gasteiger partial charge in [0, 0.05) is 12.1 Å². The minimum absolute atomic E-state index is 0.149. The number of nitrogens with one attached hydrogen (secondary N) is 1. The van der Waals surface area contributed by atoms with E-state index in [0.29, 0.717) is 6.04 Å². The summed E-state index contributed by atoms with van der Waals surface area (Å²) >= 11 is 0. The van der Waals surface area contributed by atoms with Crippen molar-refractivity contribution < 1.29 is 4.39 Å². The van der Waals surface area contributed by atoms with Crippen LogP contribution in [0.5, 0.6) is 0 Å². The second-order valence-electron chi connectivity index (χ2n) is 5.56. The SMILES string of the molecule is CCCN1CCC(N[C@@H](C)c2cccc(F)c2)CC1. The molecule has 0 aromatic heterocycles. The number of halogens is 1. The Hall–Kier alpha value is -0.930. The van der Waals surface area contributed by atoms with Gasteiger partial charge in [-0.3, -0.25) is 0 Å². The van der Waals surface area contributed by atoms with E-state index in [1.54, 1.807) is 12.1 Å². The summed E-state index contributed by atoms with van der Waals surface area (Å²) in [6, 6.07) is 7.69. The quantitative estimate of drug-likeness (QED) is 0.877. The molecule has 1 aromatic carbocycles. The van der Waals surface area contributed by atoms with Gasteiger partial charge in [-0.1, -0.05) is 19.1 Å². The van der Waals surface area contributed by atoms with Gasteiger partial charge in [0.05, 0.1) is 0 Å². The lowest BCUT2D eigenvalue weighted by molar-refractivity contribution is 0.192. The largest absolute Gasteiger partial charge is 0.307 e. The monoisotopic (exact) mass is 264 g/mol. The van der Waals surface area contributed by atoms with Crippen LogP contribution in [0.3, 0.4) is 0 Å². The minimum atomic E-state index is -0.149. The topological polar surface area (TPSA) is 15.3 Å². The zero-order valence-electron chi connectivity index (χ0n) is 12.0. The molecule has 0 saturated carbocycles. The molecular formula is C16H25FN2. The summed E-state index contributed by atoms with van der Waals surface area (Å²) in [6.45, 7) is 7.93. The van der Waals surface area contributed by atoms with Crippen LogP contribution in [0.4, 0.5) is 4.39 Å². The molecule has 1 fully saturated rings. The maximum atomic E-state index is 13.2. The minimum Gasteiger partial charge on any atom is -0.307 e. The van der Waals surface area contributed by atoms with Crippen LogP contribution in [0.15, 0.2) is 24.3 Å². The van der Waals surface area contributed by atoms with Gasteiger partial charge in [-0.25, -0.2) is 4.39 Å². The third-order valence-corrected chi connectivity index (χ3v) is 3.96. The highest BCUT2D eigenvalue weighted by atomic mass is 19.1. The Morgan fingerprint density at radius 3 is 2.74 bits per heavy atom. The zero-order chi connectivity index (χ0) is 13.7. The van der Waals surface area contributed by atoms with Gasteiger partial charge in [-0.2, -0.15) is 0 Å². The number of rotatable bonds is 5. The molecular weight excluding hydrogens is 239 g/mol. The summed E-state index contributed by atoms with van der Waals surface area (Å²) in [5.41, 5.74) is 1.04. The lowest BCUT2D eigenvalue weighted by atomic mass is 10.0. The van der Waals surface area contributed by atoms with Crippen LogP contribution < -0.4 is 5.32 Å². The maximum absolute atomic E-state index is 13.2. The van der Waals surface area contributed by atoms with Gasteiger partial charge in [-0.15, -0.1) is 0 Å². The molecule has 3 heteroatoms. The van der Waals surface area contributed by atoms with Gasteiger partial charge in [0.25, 0.3) is 0 Å². The van der Waals surface area contributed by atoms with E-state index < -0.39 is 0 Å². The van der Waals surface area contributed by atoms with Crippen LogP contribution in [0.1, 0.15) is 44.7 Å². The Morgan fingerprint density at radius 1 is 1.37 bits per heavy atom.